The molecule has 9 heteroatoms. The van der Waals surface area contributed by atoms with E-state index in [9.17, 15) is 5.11 Å². The lowest BCUT2D eigenvalue weighted by molar-refractivity contribution is 0.121. The average molecular weight is 555 g/mol. The maximum Gasteiger partial charge on any atom is 0.167 e. The summed E-state index contributed by atoms with van der Waals surface area (Å²) in [5.41, 5.74) is 6.58. The molecule has 1 N–H and O–H groups in total. The molecule has 0 spiro atoms. The number of halogens is 1. The summed E-state index contributed by atoms with van der Waals surface area (Å²) in [5.74, 6) is 0. The van der Waals surface area contributed by atoms with Crippen LogP contribution >= 0.6 is 22.9 Å². The van der Waals surface area contributed by atoms with Crippen molar-refractivity contribution in [2.75, 3.05) is 0 Å². The molecule has 0 aliphatic rings. The summed E-state index contributed by atoms with van der Waals surface area (Å²) < 4.78 is 3.66. The first-order chi connectivity index (χ1) is 19.0. The van der Waals surface area contributed by atoms with Crippen molar-refractivity contribution in [3.8, 4) is 5.69 Å². The largest absolute Gasteiger partial charge is 0.374 e. The number of pyridine rings is 1. The third-order valence-electron chi connectivity index (χ3n) is 7.07. The van der Waals surface area contributed by atoms with Gasteiger partial charge in [0.1, 0.15) is 0 Å². The van der Waals surface area contributed by atoms with Gasteiger partial charge in [-0.3, -0.25) is 9.97 Å². The number of hydrogen-bond acceptors (Lipinski definition) is 6. The molecule has 2 aromatic carbocycles. The summed E-state index contributed by atoms with van der Waals surface area (Å²) in [6, 6.07) is 16.1. The Bertz CT molecular complexity index is 1730. The first kappa shape index (κ1) is 25.4. The van der Waals surface area contributed by atoms with E-state index in [-0.39, 0.29) is 0 Å². The molecule has 0 amide bonds. The first-order valence-corrected chi connectivity index (χ1v) is 14.0. The molecule has 0 aliphatic carbocycles. The molecule has 39 heavy (non-hydrogen) atoms. The zero-order chi connectivity index (χ0) is 27.0. The van der Waals surface area contributed by atoms with Crippen LogP contribution in [0.15, 0.2) is 85.2 Å². The summed E-state index contributed by atoms with van der Waals surface area (Å²) in [7, 11) is 1.87. The highest BCUT2D eigenvalue weighted by atomic mass is 35.5. The summed E-state index contributed by atoms with van der Waals surface area (Å²) in [4.78, 5) is 14.2. The third-order valence-corrected chi connectivity index (χ3v) is 8.38. The number of benzene rings is 2. The van der Waals surface area contributed by atoms with Crippen LogP contribution in [0.4, 0.5) is 0 Å². The smallest absolute Gasteiger partial charge is 0.167 e. The van der Waals surface area contributed by atoms with Crippen LogP contribution in [0.5, 0.6) is 0 Å². The number of aromatic nitrogens is 6. The Kier molecular flexibility index (Phi) is 6.76. The molecule has 0 aliphatic heterocycles. The molecule has 0 radical (unpaired) electrons. The van der Waals surface area contributed by atoms with Gasteiger partial charge in [0, 0.05) is 43.1 Å². The van der Waals surface area contributed by atoms with Gasteiger partial charge in [-0.2, -0.15) is 5.10 Å². The lowest BCUT2D eigenvalue weighted by Crippen LogP contribution is -2.30. The Balaban J connectivity index is 1.46. The molecule has 6 rings (SSSR count). The lowest BCUT2D eigenvalue weighted by atomic mass is 9.88. The predicted molar refractivity (Wildman–Crippen MR) is 155 cm³/mol. The van der Waals surface area contributed by atoms with E-state index in [1.165, 1.54) is 11.3 Å². The van der Waals surface area contributed by atoms with Crippen molar-refractivity contribution < 1.29 is 5.11 Å². The zero-order valence-corrected chi connectivity index (χ0v) is 23.2. The van der Waals surface area contributed by atoms with E-state index in [1.54, 1.807) is 30.4 Å². The van der Waals surface area contributed by atoms with Gasteiger partial charge in [0.25, 0.3) is 0 Å². The highest BCUT2D eigenvalue weighted by Crippen LogP contribution is 2.41. The third kappa shape index (κ3) is 4.54. The first-order valence-electron chi connectivity index (χ1n) is 12.8. The van der Waals surface area contributed by atoms with E-state index in [0.717, 1.165) is 46.3 Å². The number of rotatable bonds is 8. The number of fused-ring (bicyclic) bond motifs is 1. The van der Waals surface area contributed by atoms with Crippen molar-refractivity contribution in [2.24, 2.45) is 7.05 Å². The average Bonchev–Trinajstić information content (AvgIpc) is 3.75. The molecular weight excluding hydrogens is 528 g/mol. The van der Waals surface area contributed by atoms with E-state index < -0.39 is 5.60 Å². The van der Waals surface area contributed by atoms with Crippen LogP contribution < -0.4 is 0 Å². The quantitative estimate of drug-likeness (QED) is 0.246. The fourth-order valence-electron chi connectivity index (χ4n) is 5.07. The number of hydrogen-bond donors (Lipinski definition) is 1. The molecule has 196 valence electrons. The van der Waals surface area contributed by atoms with Gasteiger partial charge in [0.15, 0.2) is 5.60 Å². The van der Waals surface area contributed by atoms with Crippen molar-refractivity contribution in [2.45, 2.75) is 31.8 Å². The second-order valence-electron chi connectivity index (χ2n) is 9.59. The second-order valence-corrected chi connectivity index (χ2v) is 10.9. The normalized spacial score (nSPS) is 13.1. The fraction of sp³-hybridized carbons (Fsp3) is 0.200. The molecule has 0 saturated carbocycles. The van der Waals surface area contributed by atoms with Gasteiger partial charge in [-0.25, -0.2) is 9.67 Å². The molecule has 7 nitrogen and oxygen atoms in total. The Hall–Kier alpha value is -3.85. The van der Waals surface area contributed by atoms with E-state index in [1.807, 2.05) is 46.8 Å². The van der Waals surface area contributed by atoms with Crippen molar-refractivity contribution in [3.05, 3.63) is 123 Å². The van der Waals surface area contributed by atoms with Crippen LogP contribution in [0, 0.1) is 0 Å². The minimum Gasteiger partial charge on any atom is -0.374 e. The molecule has 1 atom stereocenters. The predicted octanol–water partition coefficient (Wildman–Crippen LogP) is 6.09. The maximum absolute atomic E-state index is 12.2. The van der Waals surface area contributed by atoms with Gasteiger partial charge in [-0.1, -0.05) is 43.1 Å². The maximum atomic E-state index is 12.2. The molecule has 1 unspecified atom stereocenters. The van der Waals surface area contributed by atoms with Crippen LogP contribution in [-0.4, -0.2) is 34.4 Å². The lowest BCUT2D eigenvalue weighted by Gasteiger charge is -2.28. The molecule has 0 saturated heterocycles. The highest BCUT2D eigenvalue weighted by Gasteiger charge is 2.38. The van der Waals surface area contributed by atoms with Crippen molar-refractivity contribution in [3.63, 3.8) is 0 Å². The Morgan fingerprint density at radius 3 is 2.59 bits per heavy atom. The number of aryl methyl sites for hydroxylation is 2. The molecule has 6 aromatic rings. The van der Waals surface area contributed by atoms with Crippen LogP contribution in [0.1, 0.15) is 46.3 Å². The summed E-state index contributed by atoms with van der Waals surface area (Å²) in [6.45, 7) is 2.15. The minimum absolute atomic E-state index is 0.648. The van der Waals surface area contributed by atoms with Gasteiger partial charge in [0.2, 0.25) is 0 Å². The van der Waals surface area contributed by atoms with Crippen molar-refractivity contribution in [1.29, 1.82) is 0 Å². The fourth-order valence-corrected chi connectivity index (χ4v) is 6.15. The topological polar surface area (TPSA) is 81.7 Å². The minimum atomic E-state index is -1.44. The zero-order valence-electron chi connectivity index (χ0n) is 21.6. The molecule has 4 heterocycles. The standard InChI is InChI=1S/C30H27ClN6OS/c1-3-5-25-23(14-20-6-9-22(10-7-20)37-13-4-12-34-37)29(31)24-15-21(8-11-26(24)35-25)30(38,28-17-33-19-39-28)27-16-32-18-36(27)2/h4,6-13,15-19,38H,3,5,14H2,1-2H3. The number of imidazole rings is 1. The van der Waals surface area contributed by atoms with Crippen LogP contribution in [0.3, 0.4) is 0 Å². The molecule has 4 aromatic heterocycles. The number of aliphatic hydroxyl groups is 1. The second kappa shape index (κ2) is 10.4. The summed E-state index contributed by atoms with van der Waals surface area (Å²) in [6.07, 6.45) is 11.2. The summed E-state index contributed by atoms with van der Waals surface area (Å²) in [5, 5.41) is 18.0. The van der Waals surface area contributed by atoms with Gasteiger partial charge >= 0.3 is 0 Å². The Morgan fingerprint density at radius 2 is 1.92 bits per heavy atom. The number of thiazole rings is 1. The van der Waals surface area contributed by atoms with Crippen LogP contribution in [0.25, 0.3) is 16.6 Å². The Morgan fingerprint density at radius 1 is 1.08 bits per heavy atom. The van der Waals surface area contributed by atoms with E-state index in [4.69, 9.17) is 16.6 Å². The Labute approximate surface area is 235 Å². The van der Waals surface area contributed by atoms with Crippen molar-refractivity contribution >= 4 is 33.8 Å². The highest BCUT2D eigenvalue weighted by molar-refractivity contribution is 7.09. The SMILES string of the molecule is CCCc1nc2ccc(C(O)(c3cncs3)c3cncn3C)cc2c(Cl)c1Cc1ccc(-n2cccn2)cc1. The monoisotopic (exact) mass is 554 g/mol. The summed E-state index contributed by atoms with van der Waals surface area (Å²) >= 11 is 8.58. The van der Waals surface area contributed by atoms with Gasteiger partial charge < -0.3 is 9.67 Å². The van der Waals surface area contributed by atoms with E-state index in [2.05, 4.69) is 46.3 Å². The van der Waals surface area contributed by atoms with E-state index >= 15 is 0 Å². The van der Waals surface area contributed by atoms with Gasteiger partial charge in [-0.15, -0.1) is 11.3 Å². The molecule has 0 bridgehead atoms. The number of nitrogens with zero attached hydrogens (tertiary/aromatic N) is 6. The van der Waals surface area contributed by atoms with Crippen LogP contribution in [0.2, 0.25) is 5.02 Å². The molecular formula is C30H27ClN6OS. The van der Waals surface area contributed by atoms with Gasteiger partial charge in [0.05, 0.1) is 44.8 Å². The van der Waals surface area contributed by atoms with Gasteiger partial charge in [-0.05, 0) is 53.4 Å². The van der Waals surface area contributed by atoms with Crippen molar-refractivity contribution in [1.82, 2.24) is 29.3 Å². The van der Waals surface area contributed by atoms with Crippen LogP contribution in [-0.2, 0) is 25.5 Å². The molecule has 0 fully saturated rings. The van der Waals surface area contributed by atoms with E-state index in [0.29, 0.717) is 27.6 Å².